The molecule has 10 heteroatoms. The lowest BCUT2D eigenvalue weighted by atomic mass is 9.79. The van der Waals surface area contributed by atoms with Crippen LogP contribution < -0.4 is 10.9 Å². The second kappa shape index (κ2) is 9.11. The molecular weight excluding hydrogens is 402 g/mol. The second-order valence-corrected chi connectivity index (χ2v) is 8.30. The number of amides is 1. The Hall–Kier alpha value is -2.85. The summed E-state index contributed by atoms with van der Waals surface area (Å²) in [6, 6.07) is 3.91. The fourth-order valence-electron chi connectivity index (χ4n) is 4.70. The molecule has 0 atom stereocenters. The summed E-state index contributed by atoms with van der Waals surface area (Å²) < 4.78 is 6.74. The van der Waals surface area contributed by atoms with Gasteiger partial charge in [-0.2, -0.15) is 0 Å². The van der Waals surface area contributed by atoms with Crippen molar-refractivity contribution >= 4 is 22.5 Å². The number of nitro groups is 1. The van der Waals surface area contributed by atoms with Gasteiger partial charge >= 0.3 is 0 Å². The van der Waals surface area contributed by atoms with Crippen molar-refractivity contribution in [3.05, 3.63) is 45.0 Å². The molecule has 1 saturated heterocycles. The number of benzene rings is 1. The van der Waals surface area contributed by atoms with Crippen molar-refractivity contribution in [2.75, 3.05) is 32.8 Å². The first kappa shape index (κ1) is 21.4. The molecule has 0 spiro atoms. The minimum Gasteiger partial charge on any atom is -0.379 e. The number of ether oxygens (including phenoxy) is 1. The van der Waals surface area contributed by atoms with Crippen molar-refractivity contribution in [2.45, 2.75) is 44.2 Å². The minimum atomic E-state index is -0.532. The van der Waals surface area contributed by atoms with Crippen LogP contribution in [0.4, 0.5) is 5.69 Å². The number of nitro benzene ring substituents is 1. The maximum atomic E-state index is 12.7. The number of morpholine rings is 1. The van der Waals surface area contributed by atoms with Crippen LogP contribution in [0, 0.1) is 10.1 Å². The molecule has 0 radical (unpaired) electrons. The lowest BCUT2D eigenvalue weighted by Gasteiger charge is -2.48. The van der Waals surface area contributed by atoms with E-state index in [4.69, 9.17) is 4.74 Å². The van der Waals surface area contributed by atoms with Crippen molar-refractivity contribution in [3.63, 3.8) is 0 Å². The van der Waals surface area contributed by atoms with Gasteiger partial charge in [0.1, 0.15) is 6.54 Å². The fraction of sp³-hybridized carbons (Fsp3) is 0.571. The molecule has 166 valence electrons. The maximum absolute atomic E-state index is 12.7. The summed E-state index contributed by atoms with van der Waals surface area (Å²) in [7, 11) is 0. The fourth-order valence-corrected chi connectivity index (χ4v) is 4.70. The van der Waals surface area contributed by atoms with Crippen LogP contribution >= 0.6 is 0 Å². The number of fused-ring (bicyclic) bond motifs is 1. The molecule has 2 aromatic rings. The van der Waals surface area contributed by atoms with E-state index in [1.807, 2.05) is 0 Å². The van der Waals surface area contributed by atoms with Crippen LogP contribution in [-0.2, 0) is 16.1 Å². The van der Waals surface area contributed by atoms with Crippen molar-refractivity contribution in [3.8, 4) is 0 Å². The van der Waals surface area contributed by atoms with E-state index in [0.29, 0.717) is 19.8 Å². The molecule has 2 heterocycles. The van der Waals surface area contributed by atoms with Gasteiger partial charge in [0.25, 0.3) is 11.2 Å². The number of hydrogen-bond acceptors (Lipinski definition) is 7. The molecule has 0 bridgehead atoms. The third-order valence-corrected chi connectivity index (χ3v) is 6.41. The van der Waals surface area contributed by atoms with Gasteiger partial charge < -0.3 is 10.1 Å². The lowest BCUT2D eigenvalue weighted by molar-refractivity contribution is -0.384. The number of hydrogen-bond donors (Lipinski definition) is 1. The Balaban J connectivity index is 1.45. The van der Waals surface area contributed by atoms with Gasteiger partial charge in [0.2, 0.25) is 5.91 Å². The summed E-state index contributed by atoms with van der Waals surface area (Å²) in [6.07, 6.45) is 6.87. The molecule has 1 aliphatic carbocycles. The Labute approximate surface area is 179 Å². The normalized spacial score (nSPS) is 19.2. The number of nitrogens with zero attached hydrogens (tertiary/aromatic N) is 4. The number of rotatable bonds is 6. The van der Waals surface area contributed by atoms with Crippen LogP contribution in [-0.4, -0.2) is 63.7 Å². The Morgan fingerprint density at radius 1 is 1.23 bits per heavy atom. The molecule has 1 N–H and O–H groups in total. The Morgan fingerprint density at radius 3 is 2.68 bits per heavy atom. The molecule has 0 unspecified atom stereocenters. The van der Waals surface area contributed by atoms with Gasteiger partial charge in [-0.05, 0) is 18.9 Å². The molecule has 1 saturated carbocycles. The van der Waals surface area contributed by atoms with Crippen LogP contribution in [0.25, 0.3) is 10.9 Å². The van der Waals surface area contributed by atoms with Crippen LogP contribution in [0.3, 0.4) is 0 Å². The van der Waals surface area contributed by atoms with E-state index in [-0.39, 0.29) is 34.6 Å². The number of carbonyl (C=O) groups excluding carboxylic acids is 1. The molecular formula is C21H27N5O5. The largest absolute Gasteiger partial charge is 0.379 e. The second-order valence-electron chi connectivity index (χ2n) is 8.30. The number of aromatic nitrogens is 2. The highest BCUT2D eigenvalue weighted by molar-refractivity contribution is 5.80. The summed E-state index contributed by atoms with van der Waals surface area (Å²) in [4.78, 5) is 42.4. The lowest BCUT2D eigenvalue weighted by Crippen LogP contribution is -2.59. The summed E-state index contributed by atoms with van der Waals surface area (Å²) in [6.45, 7) is 3.58. The van der Waals surface area contributed by atoms with Gasteiger partial charge in [-0.25, -0.2) is 4.98 Å². The molecule has 1 aliphatic heterocycles. The molecule has 2 aliphatic rings. The van der Waals surface area contributed by atoms with Crippen LogP contribution in [0.1, 0.15) is 32.1 Å². The highest BCUT2D eigenvalue weighted by Crippen LogP contribution is 2.33. The van der Waals surface area contributed by atoms with E-state index in [1.54, 1.807) is 0 Å². The highest BCUT2D eigenvalue weighted by Gasteiger charge is 2.38. The number of nitrogens with one attached hydrogen (secondary N) is 1. The van der Waals surface area contributed by atoms with Crippen molar-refractivity contribution < 1.29 is 14.5 Å². The zero-order valence-corrected chi connectivity index (χ0v) is 17.4. The monoisotopic (exact) mass is 429 g/mol. The minimum absolute atomic E-state index is 0.0524. The van der Waals surface area contributed by atoms with Gasteiger partial charge in [-0.15, -0.1) is 0 Å². The average Bonchev–Trinajstić information content (AvgIpc) is 2.80. The zero-order valence-electron chi connectivity index (χ0n) is 17.4. The molecule has 1 aromatic heterocycles. The molecule has 4 rings (SSSR count). The Kier molecular flexibility index (Phi) is 6.28. The summed E-state index contributed by atoms with van der Waals surface area (Å²) >= 11 is 0. The SMILES string of the molecule is O=C(Cn1cnc2cc([N+](=O)[O-])ccc2c1=O)NCC1(N2CCOCC2)CCCCC1. The van der Waals surface area contributed by atoms with Crippen LogP contribution in [0.15, 0.2) is 29.3 Å². The van der Waals surface area contributed by atoms with Crippen molar-refractivity contribution in [2.24, 2.45) is 0 Å². The third-order valence-electron chi connectivity index (χ3n) is 6.41. The molecule has 1 aromatic carbocycles. The topological polar surface area (TPSA) is 120 Å². The number of non-ortho nitro benzene ring substituents is 1. The van der Waals surface area contributed by atoms with Gasteiger partial charge in [0.05, 0.1) is 35.4 Å². The third kappa shape index (κ3) is 4.59. The summed E-state index contributed by atoms with van der Waals surface area (Å²) in [5.41, 5.74) is -0.334. The van der Waals surface area contributed by atoms with E-state index < -0.39 is 10.5 Å². The standard InChI is InChI=1S/C21H27N5O5/c27-19(22-14-21(6-2-1-3-7-21)25-8-10-31-11-9-25)13-24-15-23-18-12-16(26(29)30)4-5-17(18)20(24)28/h4-5,12,15H,1-3,6-11,13-14H2,(H,22,27). The van der Waals surface area contributed by atoms with E-state index in [9.17, 15) is 19.7 Å². The van der Waals surface area contributed by atoms with E-state index >= 15 is 0 Å². The van der Waals surface area contributed by atoms with E-state index in [1.165, 1.54) is 35.5 Å². The first-order valence-corrected chi connectivity index (χ1v) is 10.7. The predicted octanol–water partition coefficient (Wildman–Crippen LogP) is 1.46. The summed E-state index contributed by atoms with van der Waals surface area (Å²) in [5.74, 6) is -0.247. The Bertz CT molecular complexity index is 1020. The average molecular weight is 429 g/mol. The maximum Gasteiger partial charge on any atom is 0.271 e. The number of carbonyl (C=O) groups is 1. The molecule has 2 fully saturated rings. The van der Waals surface area contributed by atoms with Crippen molar-refractivity contribution in [1.82, 2.24) is 19.8 Å². The molecule has 1 amide bonds. The predicted molar refractivity (Wildman–Crippen MR) is 114 cm³/mol. The first-order chi connectivity index (χ1) is 15.0. The van der Waals surface area contributed by atoms with E-state index in [0.717, 1.165) is 38.8 Å². The molecule has 31 heavy (non-hydrogen) atoms. The van der Waals surface area contributed by atoms with Gasteiger partial charge in [-0.3, -0.25) is 29.2 Å². The van der Waals surface area contributed by atoms with Gasteiger partial charge in [-0.1, -0.05) is 19.3 Å². The smallest absolute Gasteiger partial charge is 0.271 e. The van der Waals surface area contributed by atoms with Crippen molar-refractivity contribution in [1.29, 1.82) is 0 Å². The zero-order chi connectivity index (χ0) is 21.8. The highest BCUT2D eigenvalue weighted by atomic mass is 16.6. The Morgan fingerprint density at radius 2 is 1.97 bits per heavy atom. The van der Waals surface area contributed by atoms with Gasteiger partial charge in [0.15, 0.2) is 0 Å². The summed E-state index contributed by atoms with van der Waals surface area (Å²) in [5, 5.41) is 14.2. The van der Waals surface area contributed by atoms with Crippen LogP contribution in [0.5, 0.6) is 0 Å². The van der Waals surface area contributed by atoms with Crippen LogP contribution in [0.2, 0.25) is 0 Å². The van der Waals surface area contributed by atoms with E-state index in [2.05, 4.69) is 15.2 Å². The van der Waals surface area contributed by atoms with Gasteiger partial charge in [0, 0.05) is 37.3 Å². The molecule has 10 nitrogen and oxygen atoms in total. The first-order valence-electron chi connectivity index (χ1n) is 10.7. The quantitative estimate of drug-likeness (QED) is 0.545.